The van der Waals surface area contributed by atoms with E-state index in [9.17, 15) is 14.4 Å². The summed E-state index contributed by atoms with van der Waals surface area (Å²) in [6.45, 7) is 4.30. The van der Waals surface area contributed by atoms with Crippen molar-refractivity contribution < 1.29 is 23.9 Å². The second kappa shape index (κ2) is 11.1. The lowest BCUT2D eigenvalue weighted by molar-refractivity contribution is -0.144. The predicted octanol–water partition coefficient (Wildman–Crippen LogP) is 3.35. The van der Waals surface area contributed by atoms with Crippen LogP contribution in [0.5, 0.6) is 0 Å². The molecule has 0 radical (unpaired) electrons. The van der Waals surface area contributed by atoms with Gasteiger partial charge >= 0.3 is 11.9 Å². The molecule has 9 heteroatoms. The van der Waals surface area contributed by atoms with Crippen LogP contribution < -0.4 is 10.6 Å². The summed E-state index contributed by atoms with van der Waals surface area (Å²) in [6, 6.07) is 0. The number of aryl methyl sites for hydroxylation is 1. The normalized spacial score (nSPS) is 12.6. The fourth-order valence-electron chi connectivity index (χ4n) is 2.90. The third-order valence-electron chi connectivity index (χ3n) is 4.15. The van der Waals surface area contributed by atoms with Crippen LogP contribution in [-0.2, 0) is 31.9 Å². The molecular weight excluding hydrogens is 400 g/mol. The number of nitrogens with one attached hydrogen (secondary N) is 2. The van der Waals surface area contributed by atoms with E-state index in [0.29, 0.717) is 17.2 Å². The fraction of sp³-hybridized carbons (Fsp3) is 0.579. The zero-order valence-electron chi connectivity index (χ0n) is 16.2. The summed E-state index contributed by atoms with van der Waals surface area (Å²) in [5.41, 5.74) is 1.53. The van der Waals surface area contributed by atoms with Crippen LogP contribution in [0.2, 0.25) is 0 Å². The van der Waals surface area contributed by atoms with Crippen LogP contribution in [-0.4, -0.2) is 36.2 Å². The number of fused-ring (bicyclic) bond motifs is 1. The number of esters is 2. The Morgan fingerprint density at radius 1 is 1.11 bits per heavy atom. The lowest BCUT2D eigenvalue weighted by Gasteiger charge is -2.13. The number of hydrogen-bond donors (Lipinski definition) is 2. The molecule has 0 unspecified atom stereocenters. The van der Waals surface area contributed by atoms with Crippen molar-refractivity contribution in [1.29, 1.82) is 0 Å². The van der Waals surface area contributed by atoms with Gasteiger partial charge in [0.15, 0.2) is 5.11 Å². The summed E-state index contributed by atoms with van der Waals surface area (Å²) in [6.07, 6.45) is 4.59. The Morgan fingerprint density at radius 3 is 2.57 bits per heavy atom. The molecule has 2 rings (SSSR count). The van der Waals surface area contributed by atoms with Gasteiger partial charge in [0.2, 0.25) is 5.91 Å². The summed E-state index contributed by atoms with van der Waals surface area (Å²) >= 11 is 6.68. The van der Waals surface area contributed by atoms with E-state index in [0.717, 1.165) is 42.5 Å². The van der Waals surface area contributed by atoms with Crippen molar-refractivity contribution in [2.45, 2.75) is 58.8 Å². The molecule has 0 fully saturated rings. The average molecular weight is 427 g/mol. The molecule has 0 bridgehead atoms. The first kappa shape index (κ1) is 22.3. The molecule has 0 aromatic carbocycles. The van der Waals surface area contributed by atoms with Crippen LogP contribution in [0, 0.1) is 0 Å². The van der Waals surface area contributed by atoms with E-state index in [1.165, 1.54) is 11.3 Å². The zero-order valence-corrected chi connectivity index (χ0v) is 17.9. The smallest absolute Gasteiger partial charge is 0.341 e. The lowest BCUT2D eigenvalue weighted by atomic mass is 9.95. The van der Waals surface area contributed by atoms with Crippen LogP contribution >= 0.6 is 23.6 Å². The highest BCUT2D eigenvalue weighted by molar-refractivity contribution is 7.80. The van der Waals surface area contributed by atoms with E-state index in [1.807, 2.05) is 6.92 Å². The van der Waals surface area contributed by atoms with Crippen molar-refractivity contribution in [3.63, 3.8) is 0 Å². The SMILES string of the molecule is CCCOC(=O)CCC(=O)NC(=S)Nc1sc2c(c1C(=O)OCC)CCCC2. The zero-order chi connectivity index (χ0) is 20.5. The third kappa shape index (κ3) is 6.27. The maximum absolute atomic E-state index is 12.4. The van der Waals surface area contributed by atoms with Crippen LogP contribution in [0.1, 0.15) is 66.8 Å². The number of amides is 1. The molecule has 0 spiro atoms. The summed E-state index contributed by atoms with van der Waals surface area (Å²) in [4.78, 5) is 37.1. The Labute approximate surface area is 174 Å². The molecule has 2 N–H and O–H groups in total. The number of hydrogen-bond acceptors (Lipinski definition) is 7. The van der Waals surface area contributed by atoms with Gasteiger partial charge in [-0.3, -0.25) is 9.59 Å². The minimum absolute atomic E-state index is 0.00415. The van der Waals surface area contributed by atoms with E-state index in [2.05, 4.69) is 10.6 Å². The predicted molar refractivity (Wildman–Crippen MR) is 112 cm³/mol. The molecule has 1 aliphatic rings. The van der Waals surface area contributed by atoms with Gasteiger partial charge in [-0.15, -0.1) is 11.3 Å². The van der Waals surface area contributed by atoms with E-state index in [4.69, 9.17) is 21.7 Å². The number of thiocarbonyl (C=S) groups is 1. The average Bonchev–Trinajstić information content (AvgIpc) is 3.02. The number of carbonyl (C=O) groups is 3. The van der Waals surface area contributed by atoms with Crippen LogP contribution in [0.25, 0.3) is 0 Å². The fourth-order valence-corrected chi connectivity index (χ4v) is 4.46. The summed E-state index contributed by atoms with van der Waals surface area (Å²) in [7, 11) is 0. The summed E-state index contributed by atoms with van der Waals surface area (Å²) in [5, 5.41) is 6.20. The Bertz CT molecular complexity index is 745. The summed E-state index contributed by atoms with van der Waals surface area (Å²) < 4.78 is 10.1. The van der Waals surface area contributed by atoms with Gasteiger partial charge in [0.25, 0.3) is 0 Å². The van der Waals surface area contributed by atoms with Crippen molar-refractivity contribution in [2.24, 2.45) is 0 Å². The van der Waals surface area contributed by atoms with Crippen molar-refractivity contribution >= 4 is 51.5 Å². The van der Waals surface area contributed by atoms with Crippen molar-refractivity contribution in [3.05, 3.63) is 16.0 Å². The molecule has 1 heterocycles. The molecule has 1 aliphatic carbocycles. The molecular formula is C19H26N2O5S2. The second-order valence-electron chi connectivity index (χ2n) is 6.36. The number of rotatable bonds is 8. The van der Waals surface area contributed by atoms with Gasteiger partial charge in [0.1, 0.15) is 5.00 Å². The second-order valence-corrected chi connectivity index (χ2v) is 7.87. The van der Waals surface area contributed by atoms with Crippen LogP contribution in [0.3, 0.4) is 0 Å². The van der Waals surface area contributed by atoms with Crippen molar-refractivity contribution in [1.82, 2.24) is 5.32 Å². The maximum atomic E-state index is 12.4. The van der Waals surface area contributed by atoms with Gasteiger partial charge in [0, 0.05) is 11.3 Å². The highest BCUT2D eigenvalue weighted by atomic mass is 32.1. The lowest BCUT2D eigenvalue weighted by Crippen LogP contribution is -2.34. The Balaban J connectivity index is 1.97. The van der Waals surface area contributed by atoms with Crippen molar-refractivity contribution in [2.75, 3.05) is 18.5 Å². The molecule has 0 saturated carbocycles. The number of carbonyl (C=O) groups excluding carboxylic acids is 3. The van der Waals surface area contributed by atoms with Crippen LogP contribution in [0.15, 0.2) is 0 Å². The first-order valence-electron chi connectivity index (χ1n) is 9.54. The largest absolute Gasteiger partial charge is 0.466 e. The number of anilines is 1. The van der Waals surface area contributed by atoms with Gasteiger partial charge < -0.3 is 20.1 Å². The van der Waals surface area contributed by atoms with E-state index in [1.54, 1.807) is 6.92 Å². The molecule has 0 saturated heterocycles. The highest BCUT2D eigenvalue weighted by Crippen LogP contribution is 2.38. The Kier molecular flexibility index (Phi) is 8.85. The minimum atomic E-state index is -0.411. The molecule has 1 amide bonds. The van der Waals surface area contributed by atoms with Gasteiger partial charge in [-0.25, -0.2) is 4.79 Å². The van der Waals surface area contributed by atoms with Gasteiger partial charge in [-0.2, -0.15) is 0 Å². The van der Waals surface area contributed by atoms with Crippen LogP contribution in [0.4, 0.5) is 5.00 Å². The molecule has 154 valence electrons. The molecule has 0 aliphatic heterocycles. The van der Waals surface area contributed by atoms with Gasteiger partial charge in [0.05, 0.1) is 25.2 Å². The van der Waals surface area contributed by atoms with Crippen molar-refractivity contribution in [3.8, 4) is 0 Å². The summed E-state index contributed by atoms with van der Waals surface area (Å²) in [5.74, 6) is -1.17. The third-order valence-corrected chi connectivity index (χ3v) is 5.57. The standard InChI is InChI=1S/C19H26N2O5S2/c1-3-11-26-15(23)10-9-14(22)20-19(27)21-17-16(18(24)25-4-2)12-7-5-6-8-13(12)28-17/h3-11H2,1-2H3,(H2,20,21,22,27). The molecule has 28 heavy (non-hydrogen) atoms. The van der Waals surface area contributed by atoms with E-state index < -0.39 is 5.97 Å². The molecule has 7 nitrogen and oxygen atoms in total. The molecule has 0 atom stereocenters. The highest BCUT2D eigenvalue weighted by Gasteiger charge is 2.27. The van der Waals surface area contributed by atoms with E-state index >= 15 is 0 Å². The number of ether oxygens (including phenoxy) is 2. The van der Waals surface area contributed by atoms with E-state index in [-0.39, 0.29) is 36.4 Å². The minimum Gasteiger partial charge on any atom is -0.466 e. The quantitative estimate of drug-likeness (QED) is 0.486. The maximum Gasteiger partial charge on any atom is 0.341 e. The van der Waals surface area contributed by atoms with Gasteiger partial charge in [-0.1, -0.05) is 6.92 Å². The Morgan fingerprint density at radius 2 is 1.86 bits per heavy atom. The first-order valence-corrected chi connectivity index (χ1v) is 10.8. The topological polar surface area (TPSA) is 93.7 Å². The van der Waals surface area contributed by atoms with Gasteiger partial charge in [-0.05, 0) is 56.8 Å². The molecule has 1 aromatic rings. The first-order chi connectivity index (χ1) is 13.5. The number of thiophene rings is 1. The molecule has 1 aromatic heterocycles. The Hall–Kier alpha value is -2.00. The monoisotopic (exact) mass is 426 g/mol.